The number of aliphatic hydroxyl groups is 2. The molecule has 0 aliphatic rings. The maximum absolute atomic E-state index is 12.3. The number of carbonyl (C=O) groups is 1. The third kappa shape index (κ3) is 37.3. The highest BCUT2D eigenvalue weighted by Gasteiger charge is 2.17. The molecule has 0 spiro atoms. The molecule has 1 amide bonds. The second-order valence-electron chi connectivity index (χ2n) is 14.4. The van der Waals surface area contributed by atoms with Gasteiger partial charge in [0.15, 0.2) is 0 Å². The van der Waals surface area contributed by atoms with Crippen molar-refractivity contribution in [3.8, 4) is 0 Å². The Bertz CT molecular complexity index is 842. The Hall–Kier alpha value is -1.91. The normalized spacial score (nSPS) is 13.6. The third-order valence-electron chi connectivity index (χ3n) is 9.51. The van der Waals surface area contributed by atoms with E-state index in [1.165, 1.54) is 135 Å². The zero-order valence-electron chi connectivity index (χ0n) is 33.2. The number of hydrogen-bond donors (Lipinski definition) is 3. The van der Waals surface area contributed by atoms with Gasteiger partial charge in [0.05, 0.1) is 18.8 Å². The van der Waals surface area contributed by atoms with Crippen molar-refractivity contribution >= 4 is 5.91 Å². The van der Waals surface area contributed by atoms with Crippen molar-refractivity contribution in [2.24, 2.45) is 0 Å². The van der Waals surface area contributed by atoms with Crippen molar-refractivity contribution in [1.29, 1.82) is 0 Å². The second-order valence-corrected chi connectivity index (χ2v) is 14.4. The Kier molecular flexibility index (Phi) is 39.9. The van der Waals surface area contributed by atoms with Gasteiger partial charge in [0, 0.05) is 6.42 Å². The van der Waals surface area contributed by atoms with E-state index >= 15 is 0 Å². The largest absolute Gasteiger partial charge is 0.394 e. The van der Waals surface area contributed by atoms with E-state index in [1.807, 2.05) is 6.08 Å². The average molecular weight is 698 g/mol. The predicted octanol–water partition coefficient (Wildman–Crippen LogP) is 13.3. The van der Waals surface area contributed by atoms with Gasteiger partial charge in [-0.3, -0.25) is 4.79 Å². The van der Waals surface area contributed by atoms with Crippen molar-refractivity contribution in [2.75, 3.05) is 6.61 Å². The monoisotopic (exact) mass is 698 g/mol. The molecular weight excluding hydrogens is 615 g/mol. The lowest BCUT2D eigenvalue weighted by Gasteiger charge is -2.20. The summed E-state index contributed by atoms with van der Waals surface area (Å²) in [7, 11) is 0. The van der Waals surface area contributed by atoms with Gasteiger partial charge in [-0.15, -0.1) is 0 Å². The number of amides is 1. The first-order valence-corrected chi connectivity index (χ1v) is 21.5. The van der Waals surface area contributed by atoms with Crippen LogP contribution in [0.4, 0.5) is 0 Å². The maximum Gasteiger partial charge on any atom is 0.220 e. The van der Waals surface area contributed by atoms with Gasteiger partial charge in [-0.1, -0.05) is 203 Å². The summed E-state index contributed by atoms with van der Waals surface area (Å²) in [6, 6.07) is -0.620. The molecular formula is C46H83NO3. The van der Waals surface area contributed by atoms with Crippen LogP contribution in [-0.4, -0.2) is 34.9 Å². The molecule has 4 heteroatoms. The molecule has 0 saturated carbocycles. The Morgan fingerprint density at radius 2 is 0.880 bits per heavy atom. The summed E-state index contributed by atoms with van der Waals surface area (Å²) in [4.78, 5) is 12.3. The molecule has 0 heterocycles. The lowest BCUT2D eigenvalue weighted by Crippen LogP contribution is -2.45. The fourth-order valence-electron chi connectivity index (χ4n) is 6.23. The number of hydrogen-bond acceptors (Lipinski definition) is 3. The Labute approximate surface area is 311 Å². The van der Waals surface area contributed by atoms with Crippen LogP contribution in [0.1, 0.15) is 206 Å². The highest BCUT2D eigenvalue weighted by molar-refractivity contribution is 5.76. The molecule has 0 fully saturated rings. The SMILES string of the molecule is CC/C=C\C/C=C\C/C=C\C/C=C\CCCCCCCCCCCCCCCCCCC(=O)NC(CO)C(O)/C=C/CCCCCCCCC. The number of allylic oxidation sites excluding steroid dienone is 9. The number of rotatable bonds is 38. The van der Waals surface area contributed by atoms with Crippen LogP contribution in [0.15, 0.2) is 60.8 Å². The molecule has 0 rings (SSSR count). The highest BCUT2D eigenvalue weighted by Crippen LogP contribution is 2.15. The summed E-state index contributed by atoms with van der Waals surface area (Å²) in [5, 5.41) is 22.9. The maximum atomic E-state index is 12.3. The van der Waals surface area contributed by atoms with Crippen molar-refractivity contribution < 1.29 is 15.0 Å². The molecule has 0 radical (unpaired) electrons. The summed E-state index contributed by atoms with van der Waals surface area (Å²) in [5.74, 6) is -0.0683. The zero-order valence-corrected chi connectivity index (χ0v) is 33.2. The van der Waals surface area contributed by atoms with Crippen LogP contribution in [0.25, 0.3) is 0 Å². The molecule has 2 atom stereocenters. The summed E-state index contributed by atoms with van der Waals surface area (Å²) >= 11 is 0. The minimum atomic E-state index is -0.837. The topological polar surface area (TPSA) is 69.6 Å². The van der Waals surface area contributed by atoms with Crippen LogP contribution < -0.4 is 5.32 Å². The van der Waals surface area contributed by atoms with Crippen LogP contribution in [-0.2, 0) is 4.79 Å². The molecule has 0 aliphatic carbocycles. The van der Waals surface area contributed by atoms with Crippen molar-refractivity contribution in [2.45, 2.75) is 219 Å². The summed E-state index contributed by atoms with van der Waals surface area (Å²) in [6.45, 7) is 4.16. The van der Waals surface area contributed by atoms with E-state index in [2.05, 4.69) is 67.8 Å². The van der Waals surface area contributed by atoms with E-state index < -0.39 is 12.1 Å². The molecule has 0 saturated heterocycles. The quantitative estimate of drug-likeness (QED) is 0.0444. The molecule has 0 bridgehead atoms. The molecule has 3 N–H and O–H groups in total. The smallest absolute Gasteiger partial charge is 0.220 e. The van der Waals surface area contributed by atoms with Crippen molar-refractivity contribution in [1.82, 2.24) is 5.32 Å². The number of carbonyl (C=O) groups excluding carboxylic acids is 1. The van der Waals surface area contributed by atoms with Crippen molar-refractivity contribution in [3.63, 3.8) is 0 Å². The minimum absolute atomic E-state index is 0.0683. The lowest BCUT2D eigenvalue weighted by molar-refractivity contribution is -0.123. The molecule has 50 heavy (non-hydrogen) atoms. The van der Waals surface area contributed by atoms with Gasteiger partial charge >= 0.3 is 0 Å². The van der Waals surface area contributed by atoms with Crippen LogP contribution in [0.2, 0.25) is 0 Å². The average Bonchev–Trinajstić information content (AvgIpc) is 3.12. The van der Waals surface area contributed by atoms with Gasteiger partial charge in [0.1, 0.15) is 0 Å². The minimum Gasteiger partial charge on any atom is -0.394 e. The number of unbranched alkanes of at least 4 members (excludes halogenated alkanes) is 23. The van der Waals surface area contributed by atoms with Crippen LogP contribution in [0, 0.1) is 0 Å². The van der Waals surface area contributed by atoms with Crippen LogP contribution in [0.3, 0.4) is 0 Å². The lowest BCUT2D eigenvalue weighted by atomic mass is 10.0. The fraction of sp³-hybridized carbons (Fsp3) is 0.761. The third-order valence-corrected chi connectivity index (χ3v) is 9.51. The van der Waals surface area contributed by atoms with Gasteiger partial charge in [-0.05, 0) is 57.8 Å². The van der Waals surface area contributed by atoms with E-state index in [0.717, 1.165) is 51.4 Å². The van der Waals surface area contributed by atoms with Gasteiger partial charge in [0.2, 0.25) is 5.91 Å². The van der Waals surface area contributed by atoms with Crippen molar-refractivity contribution in [3.05, 3.63) is 60.8 Å². The first-order valence-electron chi connectivity index (χ1n) is 21.5. The van der Waals surface area contributed by atoms with Gasteiger partial charge in [0.25, 0.3) is 0 Å². The molecule has 4 nitrogen and oxygen atoms in total. The van der Waals surface area contributed by atoms with E-state index in [1.54, 1.807) is 6.08 Å². The standard InChI is InChI=1S/C46H83NO3/c1-3-5-7-9-11-13-14-15-16-17-18-19-20-21-22-23-24-25-26-27-28-29-30-31-32-34-36-38-40-42-46(50)47-44(43-48)45(49)41-39-37-35-33-12-10-8-6-4-2/h5,7,11,13,15-16,18-19,39,41,44-45,48-49H,3-4,6,8-10,12,14,17,20-38,40,42-43H2,1-2H3,(H,47,50)/b7-5-,13-11-,16-15-,19-18-,41-39+. The summed E-state index contributed by atoms with van der Waals surface area (Å²) in [5.41, 5.74) is 0. The van der Waals surface area contributed by atoms with Crippen LogP contribution >= 0.6 is 0 Å². The molecule has 0 aromatic rings. The van der Waals surface area contributed by atoms with E-state index in [4.69, 9.17) is 0 Å². The second kappa shape index (κ2) is 41.5. The Balaban J connectivity index is 3.48. The number of aliphatic hydroxyl groups excluding tert-OH is 2. The molecule has 0 aromatic heterocycles. The summed E-state index contributed by atoms with van der Waals surface area (Å²) in [6.07, 6.45) is 57.7. The van der Waals surface area contributed by atoms with E-state index in [-0.39, 0.29) is 12.5 Å². The van der Waals surface area contributed by atoms with Gasteiger partial charge in [-0.2, -0.15) is 0 Å². The van der Waals surface area contributed by atoms with Crippen LogP contribution in [0.5, 0.6) is 0 Å². The summed E-state index contributed by atoms with van der Waals surface area (Å²) < 4.78 is 0. The zero-order chi connectivity index (χ0) is 36.4. The van der Waals surface area contributed by atoms with Gasteiger partial charge < -0.3 is 15.5 Å². The van der Waals surface area contributed by atoms with E-state index in [0.29, 0.717) is 6.42 Å². The van der Waals surface area contributed by atoms with Gasteiger partial charge in [-0.25, -0.2) is 0 Å². The number of nitrogens with one attached hydrogen (secondary N) is 1. The first kappa shape index (κ1) is 48.1. The highest BCUT2D eigenvalue weighted by atomic mass is 16.3. The van der Waals surface area contributed by atoms with E-state index in [9.17, 15) is 15.0 Å². The Morgan fingerprint density at radius 1 is 0.500 bits per heavy atom. The molecule has 290 valence electrons. The molecule has 0 aliphatic heterocycles. The fourth-order valence-corrected chi connectivity index (χ4v) is 6.23. The molecule has 2 unspecified atom stereocenters. The Morgan fingerprint density at radius 3 is 1.32 bits per heavy atom. The first-order chi connectivity index (χ1) is 24.7. The predicted molar refractivity (Wildman–Crippen MR) is 221 cm³/mol. The molecule has 0 aromatic carbocycles.